The number of nitrogens with zero attached hydrogens (tertiary/aromatic N) is 3. The fourth-order valence-electron chi connectivity index (χ4n) is 3.18. The second-order valence-electron chi connectivity index (χ2n) is 5.42. The molecule has 1 aliphatic carbocycles. The molecule has 0 bridgehead atoms. The van der Waals surface area contributed by atoms with Crippen LogP contribution < -0.4 is 0 Å². The zero-order valence-electron chi connectivity index (χ0n) is 11.8. The van der Waals surface area contributed by atoms with Gasteiger partial charge in [0.05, 0.1) is 0 Å². The van der Waals surface area contributed by atoms with Gasteiger partial charge in [0.15, 0.2) is 4.77 Å². The summed E-state index contributed by atoms with van der Waals surface area (Å²) in [6.45, 7) is 2.08. The van der Waals surface area contributed by atoms with E-state index in [0.29, 0.717) is 4.77 Å². The first-order valence-corrected chi connectivity index (χ1v) is 7.13. The van der Waals surface area contributed by atoms with Crippen LogP contribution in [0.25, 0.3) is 11.2 Å². The van der Waals surface area contributed by atoms with E-state index >= 15 is 0 Å². The molecule has 21 heavy (non-hydrogen) atoms. The molecule has 0 aliphatic heterocycles. The first kappa shape index (κ1) is 17.2. The van der Waals surface area contributed by atoms with Crippen LogP contribution in [0.15, 0.2) is 0 Å². The van der Waals surface area contributed by atoms with Gasteiger partial charge in [-0.25, -0.2) is 0 Å². The van der Waals surface area contributed by atoms with E-state index in [4.69, 9.17) is 12.2 Å². The van der Waals surface area contributed by atoms with Crippen LogP contribution >= 0.6 is 12.2 Å². The van der Waals surface area contributed by atoms with Gasteiger partial charge in [0, 0.05) is 63.9 Å². The fourth-order valence-corrected chi connectivity index (χ4v) is 3.52. The Morgan fingerprint density at radius 1 is 1.29 bits per heavy atom. The number of aromatic amines is 1. The number of aromatic nitrogens is 4. The van der Waals surface area contributed by atoms with Gasteiger partial charge in [-0.05, 0) is 48.1 Å². The summed E-state index contributed by atoms with van der Waals surface area (Å²) in [6, 6.07) is 0.147. The number of aryl methyl sites for hydroxylation is 1. The molecular formula is C13H17N4O2SY-. The molecule has 2 heterocycles. The van der Waals surface area contributed by atoms with Crippen LogP contribution in [0.5, 0.6) is 0 Å². The molecule has 3 rings (SSSR count). The predicted octanol–water partition coefficient (Wildman–Crippen LogP) is 1.15. The Balaban J connectivity index is 0.00000161. The van der Waals surface area contributed by atoms with Crippen molar-refractivity contribution in [1.29, 1.82) is 0 Å². The number of aliphatic hydroxyl groups excluding tert-OH is 2. The van der Waals surface area contributed by atoms with Gasteiger partial charge in [-0.1, -0.05) is 6.92 Å². The molecule has 1 unspecified atom stereocenters. The quantitative estimate of drug-likeness (QED) is 0.548. The minimum atomic E-state index is 0. The van der Waals surface area contributed by atoms with Crippen LogP contribution in [-0.4, -0.2) is 42.9 Å². The number of hydrogen-bond donors (Lipinski definition) is 3. The number of H-pyrrole nitrogens is 1. The maximum Gasteiger partial charge on any atom is 0.166 e. The van der Waals surface area contributed by atoms with Gasteiger partial charge in [0.1, 0.15) is 0 Å². The summed E-state index contributed by atoms with van der Waals surface area (Å²) < 4.78 is 2.59. The minimum absolute atomic E-state index is 0. The molecule has 111 valence electrons. The molecule has 8 heteroatoms. The molecule has 1 aliphatic rings. The van der Waals surface area contributed by atoms with Gasteiger partial charge >= 0.3 is 0 Å². The smallest absolute Gasteiger partial charge is 0.166 e. The van der Waals surface area contributed by atoms with E-state index < -0.39 is 0 Å². The minimum Gasteiger partial charge on any atom is -0.396 e. The topological polar surface area (TPSA) is 87.0 Å². The second kappa shape index (κ2) is 6.92. The van der Waals surface area contributed by atoms with Crippen molar-refractivity contribution in [1.82, 2.24) is 19.5 Å². The van der Waals surface area contributed by atoms with Crippen molar-refractivity contribution in [2.75, 3.05) is 13.2 Å². The zero-order valence-corrected chi connectivity index (χ0v) is 15.4. The van der Waals surface area contributed by atoms with Gasteiger partial charge in [-0.2, -0.15) is 0 Å². The Bertz CT molecular complexity index is 674. The van der Waals surface area contributed by atoms with Crippen molar-refractivity contribution in [2.24, 2.45) is 11.8 Å². The van der Waals surface area contributed by atoms with Gasteiger partial charge < -0.3 is 29.7 Å². The predicted molar refractivity (Wildman–Crippen MR) is 75.7 cm³/mol. The Kier molecular flexibility index (Phi) is 5.65. The average molecular weight is 382 g/mol. The number of fused-ring (bicyclic) bond motifs is 1. The third kappa shape index (κ3) is 2.99. The van der Waals surface area contributed by atoms with Gasteiger partial charge in [-0.3, -0.25) is 0 Å². The summed E-state index contributed by atoms with van der Waals surface area (Å²) in [7, 11) is 0. The molecular weight excluding hydrogens is 365 g/mol. The maximum atomic E-state index is 9.42. The Morgan fingerprint density at radius 3 is 2.48 bits per heavy atom. The van der Waals surface area contributed by atoms with Crippen molar-refractivity contribution < 1.29 is 42.9 Å². The molecule has 2 aromatic heterocycles. The largest absolute Gasteiger partial charge is 0.396 e. The van der Waals surface area contributed by atoms with Crippen molar-refractivity contribution in [3.63, 3.8) is 0 Å². The molecule has 0 amide bonds. The average Bonchev–Trinajstić information content (AvgIpc) is 2.99. The standard InChI is InChI=1S/C13H17N4O2S.Y/c1-7-11-12(15-6-14-7)17(13(20)16-11)10-2-8(4-18)9(3-10)5-19;/h8-10,18-19H,2-5H2,1H3,(H,16,20);/q-1;/t8-,9+,10?;. The molecule has 0 spiro atoms. The molecule has 6 nitrogen and oxygen atoms in total. The molecule has 2 aromatic rings. The molecule has 3 N–H and O–H groups in total. The number of nitrogens with one attached hydrogen (secondary N) is 1. The second-order valence-corrected chi connectivity index (χ2v) is 5.81. The van der Waals surface area contributed by atoms with E-state index in [1.807, 2.05) is 11.5 Å². The number of rotatable bonds is 3. The third-order valence-electron chi connectivity index (χ3n) is 4.29. The van der Waals surface area contributed by atoms with Crippen LogP contribution in [0.2, 0.25) is 0 Å². The van der Waals surface area contributed by atoms with Crippen molar-refractivity contribution in [3.05, 3.63) is 16.8 Å². The van der Waals surface area contributed by atoms with Gasteiger partial charge in [0.2, 0.25) is 0 Å². The van der Waals surface area contributed by atoms with E-state index in [9.17, 15) is 10.2 Å². The van der Waals surface area contributed by atoms with Gasteiger partial charge in [-0.15, -0.1) is 0 Å². The van der Waals surface area contributed by atoms with E-state index in [1.165, 1.54) is 0 Å². The monoisotopic (exact) mass is 382 g/mol. The van der Waals surface area contributed by atoms with E-state index in [0.717, 1.165) is 29.7 Å². The summed E-state index contributed by atoms with van der Waals surface area (Å²) >= 11 is 5.40. The molecule has 1 radical (unpaired) electrons. The van der Waals surface area contributed by atoms with Crippen LogP contribution in [0, 0.1) is 29.9 Å². The van der Waals surface area contributed by atoms with Gasteiger partial charge in [0.25, 0.3) is 0 Å². The normalized spacial score (nSPS) is 25.2. The van der Waals surface area contributed by atoms with Crippen LogP contribution in [-0.2, 0) is 32.7 Å². The zero-order chi connectivity index (χ0) is 14.3. The first-order valence-electron chi connectivity index (χ1n) is 6.72. The summed E-state index contributed by atoms with van der Waals surface area (Å²) in [5.74, 6) is 0.229. The summed E-state index contributed by atoms with van der Waals surface area (Å²) in [5.41, 5.74) is 2.40. The Morgan fingerprint density at radius 2 is 1.90 bits per heavy atom. The summed E-state index contributed by atoms with van der Waals surface area (Å²) in [6.07, 6.45) is 4.24. The molecule has 3 atom stereocenters. The molecule has 0 saturated heterocycles. The fraction of sp³-hybridized carbons (Fsp3) is 0.615. The number of hydrogen-bond acceptors (Lipinski definition) is 5. The summed E-state index contributed by atoms with van der Waals surface area (Å²) in [4.78, 5) is 11.4. The number of imidazole rings is 1. The SMILES string of the molecule is Cc1n[c-]nc2c1[nH]c(=S)n2C1C[C@@H](CO)[C@@H](CO)C1.[Y]. The van der Waals surface area contributed by atoms with Crippen LogP contribution in [0.1, 0.15) is 24.6 Å². The molecule has 0 aromatic carbocycles. The molecule has 1 saturated carbocycles. The molecule has 1 fully saturated rings. The third-order valence-corrected chi connectivity index (χ3v) is 4.59. The van der Waals surface area contributed by atoms with Crippen LogP contribution in [0.3, 0.4) is 0 Å². The Hall–Kier alpha value is -0.206. The van der Waals surface area contributed by atoms with E-state index in [1.54, 1.807) is 0 Å². The van der Waals surface area contributed by atoms with Crippen molar-refractivity contribution in [2.45, 2.75) is 25.8 Å². The Labute approximate surface area is 152 Å². The van der Waals surface area contributed by atoms with Crippen molar-refractivity contribution in [3.8, 4) is 0 Å². The summed E-state index contributed by atoms with van der Waals surface area (Å²) in [5, 5.41) is 18.8. The van der Waals surface area contributed by atoms with E-state index in [2.05, 4.69) is 21.3 Å². The van der Waals surface area contributed by atoms with E-state index in [-0.39, 0.29) is 63.8 Å². The first-order chi connectivity index (χ1) is 9.65. The maximum absolute atomic E-state index is 9.42. The van der Waals surface area contributed by atoms with Crippen LogP contribution in [0.4, 0.5) is 0 Å². The number of aliphatic hydroxyl groups is 2. The van der Waals surface area contributed by atoms with Crippen molar-refractivity contribution >= 4 is 23.4 Å².